The van der Waals surface area contributed by atoms with Crippen molar-refractivity contribution in [2.24, 2.45) is 5.11 Å². The van der Waals surface area contributed by atoms with Gasteiger partial charge in [-0.3, -0.25) is 9.59 Å². The molecule has 1 amide bonds. The number of amides is 1. The highest BCUT2D eigenvalue weighted by molar-refractivity contribution is 5.89. The number of rotatable bonds is 5. The molecule has 1 aliphatic carbocycles. The summed E-state index contributed by atoms with van der Waals surface area (Å²) < 4.78 is 10.0. The molecule has 0 heterocycles. The van der Waals surface area contributed by atoms with Crippen molar-refractivity contribution in [3.63, 3.8) is 0 Å². The Morgan fingerprint density at radius 1 is 1.45 bits per heavy atom. The molecule has 0 aliphatic heterocycles. The second kappa shape index (κ2) is 8.04. The number of carbonyl (C=O) groups is 3. The molecule has 0 fully saturated rings. The number of hydrogen-bond donors (Lipinski definition) is 1. The van der Waals surface area contributed by atoms with Crippen molar-refractivity contribution in [3.05, 3.63) is 22.1 Å². The van der Waals surface area contributed by atoms with Gasteiger partial charge < -0.3 is 14.8 Å². The smallest absolute Gasteiger partial charge is 0.333 e. The van der Waals surface area contributed by atoms with Crippen LogP contribution in [0.25, 0.3) is 10.4 Å². The van der Waals surface area contributed by atoms with Crippen molar-refractivity contribution in [1.82, 2.24) is 5.32 Å². The predicted octanol–water partition coefficient (Wildman–Crippen LogP) is 0.995. The maximum absolute atomic E-state index is 11.9. The summed E-state index contributed by atoms with van der Waals surface area (Å²) in [6.07, 6.45) is 0.597. The third-order valence-corrected chi connectivity index (χ3v) is 2.97. The van der Waals surface area contributed by atoms with Crippen molar-refractivity contribution in [3.8, 4) is 0 Å². The maximum atomic E-state index is 11.9. The highest BCUT2D eigenvalue weighted by Crippen LogP contribution is 2.25. The highest BCUT2D eigenvalue weighted by Gasteiger charge is 2.37. The van der Waals surface area contributed by atoms with E-state index in [1.165, 1.54) is 19.9 Å². The summed E-state index contributed by atoms with van der Waals surface area (Å²) in [5.41, 5.74) is 8.91. The highest BCUT2D eigenvalue weighted by atomic mass is 16.5. The zero-order valence-corrected chi connectivity index (χ0v) is 12.6. The maximum Gasteiger partial charge on any atom is 0.333 e. The van der Waals surface area contributed by atoms with Crippen LogP contribution in [-0.2, 0) is 23.9 Å². The Morgan fingerprint density at radius 3 is 2.64 bits per heavy atom. The lowest BCUT2D eigenvalue weighted by Gasteiger charge is -2.34. The monoisotopic (exact) mass is 310 g/mol. The first-order valence-corrected chi connectivity index (χ1v) is 6.75. The molecule has 120 valence electrons. The van der Waals surface area contributed by atoms with E-state index in [4.69, 9.17) is 15.0 Å². The number of nitrogens with one attached hydrogen (secondary N) is 1. The number of carbonyl (C=O) groups excluding carboxylic acids is 3. The molecule has 0 aromatic carbocycles. The zero-order valence-electron chi connectivity index (χ0n) is 12.6. The molecule has 0 unspecified atom stereocenters. The Bertz CT molecular complexity index is 539. The van der Waals surface area contributed by atoms with E-state index in [-0.39, 0.29) is 24.5 Å². The van der Waals surface area contributed by atoms with Gasteiger partial charge >= 0.3 is 11.9 Å². The first-order chi connectivity index (χ1) is 10.4. The standard InChI is InChI=1S/C13H18N4O5/c1-4-21-13(20)9-5-10(16-17-14)12(15-7(2)18)11(6-9)22-8(3)19/h6,10-12H,4-5H2,1-3H3,(H,15,18)/t10-,11+,12+/m0/s1. The van der Waals surface area contributed by atoms with Gasteiger partial charge in [-0.2, -0.15) is 0 Å². The van der Waals surface area contributed by atoms with Gasteiger partial charge in [0.15, 0.2) is 0 Å². The van der Waals surface area contributed by atoms with Gasteiger partial charge in [-0.1, -0.05) is 5.11 Å². The molecule has 0 saturated heterocycles. The van der Waals surface area contributed by atoms with E-state index in [0.29, 0.717) is 0 Å². The summed E-state index contributed by atoms with van der Waals surface area (Å²) in [6, 6.07) is -1.50. The number of esters is 2. The normalized spacial score (nSPS) is 23.6. The molecule has 1 rings (SSSR count). The Kier molecular flexibility index (Phi) is 6.40. The first kappa shape index (κ1) is 17.5. The topological polar surface area (TPSA) is 130 Å². The molecule has 0 aromatic rings. The number of ether oxygens (including phenoxy) is 2. The molecule has 3 atom stereocenters. The van der Waals surface area contributed by atoms with Crippen molar-refractivity contribution in [2.75, 3.05) is 6.61 Å². The van der Waals surface area contributed by atoms with Crippen LogP contribution in [-0.4, -0.2) is 42.6 Å². The van der Waals surface area contributed by atoms with Gasteiger partial charge in [0.1, 0.15) is 6.10 Å². The summed E-state index contributed by atoms with van der Waals surface area (Å²) in [5.74, 6) is -1.52. The summed E-state index contributed by atoms with van der Waals surface area (Å²) >= 11 is 0. The van der Waals surface area contributed by atoms with E-state index in [1.807, 2.05) is 0 Å². The molecule has 22 heavy (non-hydrogen) atoms. The van der Waals surface area contributed by atoms with Gasteiger partial charge in [-0.05, 0) is 25.0 Å². The minimum absolute atomic E-state index is 0.0889. The van der Waals surface area contributed by atoms with Gasteiger partial charge in [0.2, 0.25) is 5.91 Å². The molecule has 0 aromatic heterocycles. The summed E-state index contributed by atoms with van der Waals surface area (Å²) in [5, 5.41) is 6.18. The second-order valence-electron chi connectivity index (χ2n) is 4.69. The Balaban J connectivity index is 3.16. The van der Waals surface area contributed by atoms with Crippen LogP contribution < -0.4 is 5.32 Å². The van der Waals surface area contributed by atoms with E-state index in [1.54, 1.807) is 6.92 Å². The molecule has 1 N–H and O–H groups in total. The minimum Gasteiger partial charge on any atom is -0.463 e. The fraction of sp³-hybridized carbons (Fsp3) is 0.615. The van der Waals surface area contributed by atoms with Crippen LogP contribution in [0, 0.1) is 0 Å². The van der Waals surface area contributed by atoms with Gasteiger partial charge in [0.25, 0.3) is 0 Å². The lowest BCUT2D eigenvalue weighted by Crippen LogP contribution is -2.52. The lowest BCUT2D eigenvalue weighted by molar-refractivity contribution is -0.147. The molecule has 9 heteroatoms. The van der Waals surface area contributed by atoms with Crippen LogP contribution >= 0.6 is 0 Å². The van der Waals surface area contributed by atoms with Crippen LogP contribution in [0.3, 0.4) is 0 Å². The van der Waals surface area contributed by atoms with E-state index < -0.39 is 30.1 Å². The van der Waals surface area contributed by atoms with Gasteiger partial charge in [-0.15, -0.1) is 0 Å². The average Bonchev–Trinajstić information content (AvgIpc) is 2.41. The number of nitrogens with zero attached hydrogens (tertiary/aromatic N) is 3. The minimum atomic E-state index is -0.912. The van der Waals surface area contributed by atoms with Gasteiger partial charge in [0.05, 0.1) is 18.7 Å². The summed E-state index contributed by atoms with van der Waals surface area (Å²) in [7, 11) is 0. The van der Waals surface area contributed by atoms with Crippen molar-refractivity contribution >= 4 is 17.8 Å². The SMILES string of the molecule is CCOC(=O)C1=C[C@@H](OC(C)=O)[C@H](NC(C)=O)[C@@H](N=[N+]=[N-])C1. The predicted molar refractivity (Wildman–Crippen MR) is 75.4 cm³/mol. The van der Waals surface area contributed by atoms with E-state index in [9.17, 15) is 14.4 Å². The van der Waals surface area contributed by atoms with Gasteiger partial charge in [-0.25, -0.2) is 4.79 Å². The Morgan fingerprint density at radius 2 is 2.14 bits per heavy atom. The average molecular weight is 310 g/mol. The quantitative estimate of drug-likeness (QED) is 0.350. The molecule has 1 aliphatic rings. The van der Waals surface area contributed by atoms with Crippen LogP contribution in [0.1, 0.15) is 27.2 Å². The largest absolute Gasteiger partial charge is 0.463 e. The van der Waals surface area contributed by atoms with E-state index >= 15 is 0 Å². The molecule has 0 saturated carbocycles. The Labute approximate surface area is 127 Å². The van der Waals surface area contributed by atoms with Crippen LogP contribution in [0.2, 0.25) is 0 Å². The molecule has 0 bridgehead atoms. The summed E-state index contributed by atoms with van der Waals surface area (Å²) in [6.45, 7) is 4.36. The van der Waals surface area contributed by atoms with Crippen molar-refractivity contribution in [2.45, 2.75) is 45.4 Å². The molecule has 0 radical (unpaired) electrons. The molecule has 0 spiro atoms. The zero-order chi connectivity index (χ0) is 16.7. The third kappa shape index (κ3) is 4.78. The lowest BCUT2D eigenvalue weighted by atomic mass is 9.88. The van der Waals surface area contributed by atoms with Crippen LogP contribution in [0.4, 0.5) is 0 Å². The molecular weight excluding hydrogens is 292 g/mol. The molecule has 9 nitrogen and oxygen atoms in total. The third-order valence-electron chi connectivity index (χ3n) is 2.97. The van der Waals surface area contributed by atoms with Crippen LogP contribution in [0.15, 0.2) is 16.8 Å². The first-order valence-electron chi connectivity index (χ1n) is 6.75. The summed E-state index contributed by atoms with van der Waals surface area (Å²) in [4.78, 5) is 37.1. The fourth-order valence-electron chi connectivity index (χ4n) is 2.21. The number of azide groups is 1. The second-order valence-corrected chi connectivity index (χ2v) is 4.69. The van der Waals surface area contributed by atoms with Gasteiger partial charge in [0, 0.05) is 24.3 Å². The van der Waals surface area contributed by atoms with Crippen molar-refractivity contribution in [1.29, 1.82) is 0 Å². The fourth-order valence-corrected chi connectivity index (χ4v) is 2.21. The molecular formula is C13H18N4O5. The number of hydrogen-bond acceptors (Lipinski definition) is 6. The van der Waals surface area contributed by atoms with E-state index in [2.05, 4.69) is 15.3 Å². The van der Waals surface area contributed by atoms with Crippen molar-refractivity contribution < 1.29 is 23.9 Å². The van der Waals surface area contributed by atoms with E-state index in [0.717, 1.165) is 0 Å². The van der Waals surface area contributed by atoms with Crippen LogP contribution in [0.5, 0.6) is 0 Å². The Hall–Kier alpha value is -2.54.